The van der Waals surface area contributed by atoms with Crippen LogP contribution in [-0.4, -0.2) is 11.9 Å². The highest BCUT2D eigenvalue weighted by molar-refractivity contribution is 6.62. The molecule has 1 aliphatic rings. The summed E-state index contributed by atoms with van der Waals surface area (Å²) in [6, 6.07) is 19.8. The molecule has 0 bridgehead atoms. The first-order valence-corrected chi connectivity index (χ1v) is 6.87. The van der Waals surface area contributed by atoms with E-state index in [-0.39, 0.29) is 0 Å². The molecule has 0 spiro atoms. The number of benzene rings is 2. The van der Waals surface area contributed by atoms with E-state index in [1.165, 1.54) is 16.7 Å². The SMILES string of the molecule is NC(=O)Cl.c1ccc([C@@H]2NCCc3ccccc32)cc1. The number of rotatable bonds is 1. The van der Waals surface area contributed by atoms with Crippen LogP contribution >= 0.6 is 11.6 Å². The van der Waals surface area contributed by atoms with E-state index >= 15 is 0 Å². The lowest BCUT2D eigenvalue weighted by Gasteiger charge is -2.27. The first-order valence-electron chi connectivity index (χ1n) is 6.49. The highest BCUT2D eigenvalue weighted by Gasteiger charge is 2.19. The zero-order chi connectivity index (χ0) is 14.4. The summed E-state index contributed by atoms with van der Waals surface area (Å²) in [5, 5.41) is 2.73. The smallest absolute Gasteiger partial charge is 0.311 e. The minimum Gasteiger partial charge on any atom is -0.356 e. The van der Waals surface area contributed by atoms with Crippen molar-refractivity contribution >= 4 is 17.0 Å². The van der Waals surface area contributed by atoms with E-state index < -0.39 is 5.37 Å². The van der Waals surface area contributed by atoms with Crippen LogP contribution in [0.2, 0.25) is 0 Å². The summed E-state index contributed by atoms with van der Waals surface area (Å²) in [6.07, 6.45) is 1.14. The average molecular weight is 289 g/mol. The zero-order valence-corrected chi connectivity index (χ0v) is 11.8. The number of halogens is 1. The highest BCUT2D eigenvalue weighted by Crippen LogP contribution is 2.27. The molecule has 0 saturated heterocycles. The molecule has 104 valence electrons. The van der Waals surface area contributed by atoms with Crippen LogP contribution in [0.15, 0.2) is 54.6 Å². The Morgan fingerprint density at radius 2 is 1.70 bits per heavy atom. The Hall–Kier alpha value is -1.84. The van der Waals surface area contributed by atoms with Crippen molar-refractivity contribution in [3.8, 4) is 0 Å². The van der Waals surface area contributed by atoms with Crippen molar-refractivity contribution in [1.29, 1.82) is 0 Å². The van der Waals surface area contributed by atoms with Crippen LogP contribution in [0, 0.1) is 0 Å². The third kappa shape index (κ3) is 3.83. The van der Waals surface area contributed by atoms with Gasteiger partial charge in [0, 0.05) is 6.54 Å². The summed E-state index contributed by atoms with van der Waals surface area (Å²) in [4.78, 5) is 8.99. The summed E-state index contributed by atoms with van der Waals surface area (Å²) in [5.41, 5.74) is 8.51. The Balaban J connectivity index is 0.000000328. The molecule has 0 radical (unpaired) electrons. The summed E-state index contributed by atoms with van der Waals surface area (Å²) >= 11 is 4.41. The van der Waals surface area contributed by atoms with Crippen LogP contribution in [0.5, 0.6) is 0 Å². The third-order valence-electron chi connectivity index (χ3n) is 3.24. The van der Waals surface area contributed by atoms with Crippen molar-refractivity contribution < 1.29 is 4.79 Å². The number of primary amides is 1. The molecule has 1 heterocycles. The second-order valence-corrected chi connectivity index (χ2v) is 4.92. The minimum atomic E-state index is -0.861. The Kier molecular flexibility index (Phi) is 5.16. The number of nitrogens with two attached hydrogens (primary N) is 1. The van der Waals surface area contributed by atoms with Crippen molar-refractivity contribution in [1.82, 2.24) is 5.32 Å². The van der Waals surface area contributed by atoms with E-state index in [1.54, 1.807) is 0 Å². The van der Waals surface area contributed by atoms with E-state index in [4.69, 9.17) is 4.79 Å². The number of carbonyl (C=O) groups excluding carboxylic acids is 1. The summed E-state index contributed by atoms with van der Waals surface area (Å²) in [7, 11) is 0. The fraction of sp³-hybridized carbons (Fsp3) is 0.188. The van der Waals surface area contributed by atoms with Gasteiger partial charge < -0.3 is 11.1 Å². The van der Waals surface area contributed by atoms with Gasteiger partial charge in [0.05, 0.1) is 6.04 Å². The quantitative estimate of drug-likeness (QED) is 0.625. The monoisotopic (exact) mass is 288 g/mol. The number of nitrogens with one attached hydrogen (secondary N) is 1. The van der Waals surface area contributed by atoms with Crippen LogP contribution in [0.4, 0.5) is 4.79 Å². The predicted octanol–water partition coefficient (Wildman–Crippen LogP) is 3.23. The molecule has 4 heteroatoms. The molecule has 1 aliphatic heterocycles. The van der Waals surface area contributed by atoms with Gasteiger partial charge in [0.25, 0.3) is 0 Å². The lowest BCUT2D eigenvalue weighted by molar-refractivity contribution is 0.266. The van der Waals surface area contributed by atoms with Gasteiger partial charge >= 0.3 is 5.37 Å². The Labute approximate surface area is 123 Å². The summed E-state index contributed by atoms with van der Waals surface area (Å²) in [5.74, 6) is 0. The van der Waals surface area contributed by atoms with Crippen LogP contribution in [0.25, 0.3) is 0 Å². The number of hydrogen-bond acceptors (Lipinski definition) is 2. The molecule has 0 saturated carbocycles. The molecule has 0 unspecified atom stereocenters. The van der Waals surface area contributed by atoms with Crippen molar-refractivity contribution in [2.45, 2.75) is 12.5 Å². The zero-order valence-electron chi connectivity index (χ0n) is 11.1. The lowest BCUT2D eigenvalue weighted by atomic mass is 9.90. The van der Waals surface area contributed by atoms with Crippen molar-refractivity contribution in [3.63, 3.8) is 0 Å². The second kappa shape index (κ2) is 7.08. The molecule has 0 fully saturated rings. The largest absolute Gasteiger partial charge is 0.356 e. The van der Waals surface area contributed by atoms with E-state index in [0.29, 0.717) is 6.04 Å². The van der Waals surface area contributed by atoms with E-state index in [0.717, 1.165) is 13.0 Å². The summed E-state index contributed by atoms with van der Waals surface area (Å²) < 4.78 is 0. The average Bonchev–Trinajstić information content (AvgIpc) is 2.47. The van der Waals surface area contributed by atoms with Gasteiger partial charge in [0.2, 0.25) is 0 Å². The Morgan fingerprint density at radius 3 is 2.40 bits per heavy atom. The van der Waals surface area contributed by atoms with E-state index in [2.05, 4.69) is 77.2 Å². The fourth-order valence-corrected chi connectivity index (χ4v) is 2.45. The maximum absolute atomic E-state index is 8.99. The Morgan fingerprint density at radius 1 is 1.10 bits per heavy atom. The number of carbonyl (C=O) groups is 1. The molecule has 0 aromatic heterocycles. The Bertz CT molecular complexity index is 568. The van der Waals surface area contributed by atoms with Gasteiger partial charge in [-0.25, -0.2) is 0 Å². The molecule has 3 nitrogen and oxygen atoms in total. The van der Waals surface area contributed by atoms with Crippen molar-refractivity contribution in [2.24, 2.45) is 5.73 Å². The van der Waals surface area contributed by atoms with Gasteiger partial charge in [-0.3, -0.25) is 4.79 Å². The van der Waals surface area contributed by atoms with Crippen molar-refractivity contribution in [3.05, 3.63) is 71.3 Å². The van der Waals surface area contributed by atoms with Gasteiger partial charge in [0.15, 0.2) is 0 Å². The highest BCUT2D eigenvalue weighted by atomic mass is 35.5. The first kappa shape index (κ1) is 14.6. The van der Waals surface area contributed by atoms with Crippen LogP contribution in [0.1, 0.15) is 22.7 Å². The van der Waals surface area contributed by atoms with Crippen LogP contribution in [-0.2, 0) is 6.42 Å². The van der Waals surface area contributed by atoms with Crippen LogP contribution in [0.3, 0.4) is 0 Å². The molecule has 3 N–H and O–H groups in total. The second-order valence-electron chi connectivity index (χ2n) is 4.55. The molecule has 1 atom stereocenters. The predicted molar refractivity (Wildman–Crippen MR) is 81.9 cm³/mol. The van der Waals surface area contributed by atoms with Crippen molar-refractivity contribution in [2.75, 3.05) is 6.54 Å². The molecule has 2 aromatic carbocycles. The number of hydrogen-bond donors (Lipinski definition) is 2. The first-order chi connectivity index (χ1) is 9.68. The minimum absolute atomic E-state index is 0.367. The lowest BCUT2D eigenvalue weighted by Crippen LogP contribution is -2.30. The molecule has 20 heavy (non-hydrogen) atoms. The maximum Gasteiger partial charge on any atom is 0.311 e. The van der Waals surface area contributed by atoms with Gasteiger partial charge in [-0.15, -0.1) is 0 Å². The number of fused-ring (bicyclic) bond motifs is 1. The normalized spacial score (nSPS) is 16.6. The van der Waals surface area contributed by atoms with Gasteiger partial charge in [0.1, 0.15) is 0 Å². The number of amides is 1. The van der Waals surface area contributed by atoms with Gasteiger partial charge in [-0.2, -0.15) is 0 Å². The molecule has 0 aliphatic carbocycles. The van der Waals surface area contributed by atoms with E-state index in [9.17, 15) is 0 Å². The topological polar surface area (TPSA) is 55.1 Å². The maximum atomic E-state index is 8.99. The molecular formula is C16H17ClN2O. The molecule has 1 amide bonds. The molecule has 3 rings (SSSR count). The van der Waals surface area contributed by atoms with E-state index in [1.807, 2.05) is 0 Å². The third-order valence-corrected chi connectivity index (χ3v) is 3.24. The van der Waals surface area contributed by atoms with Crippen LogP contribution < -0.4 is 11.1 Å². The van der Waals surface area contributed by atoms with Gasteiger partial charge in [-0.05, 0) is 34.7 Å². The fourth-order valence-electron chi connectivity index (χ4n) is 2.45. The molecule has 2 aromatic rings. The summed E-state index contributed by atoms with van der Waals surface area (Å²) in [6.45, 7) is 1.07. The van der Waals surface area contributed by atoms with Gasteiger partial charge in [-0.1, -0.05) is 54.6 Å². The standard InChI is InChI=1S/C15H15N.CH2ClNO/c1-2-7-13(8-3-1)15-14-9-5-4-6-12(14)10-11-16-15;2-1(3)4/h1-9,15-16H,10-11H2;(H2,3,4)/t15-;/m0./s1. The molecular weight excluding hydrogens is 272 g/mol.